The van der Waals surface area contributed by atoms with E-state index < -0.39 is 0 Å². The number of benzene rings is 18. The molecule has 0 spiro atoms. The number of Topliss-reactive ketones (excluding diaryl/α,β-unsaturated/α-hetero) is 2. The standard InChI is InChI=1S/2C49H33N4.C5H8O2.Ir/c2*1-33-32-50-48-42-28-26-38(52(36-18-4-2-5-19-36)46-24-12-16-34-14-8-10-22-40(34)46)30-44(42)45-31-39(27-29-43(45)49(48)51-33)53(37-20-6-3-7-21-37)47-25-13-17-35-15-9-11-23-41(35)47;1-4(6)3-5(2)7;/h2*2-27,29-32H,1H3;3H2,1-2H3;/q2*-1;;+3. The topological polar surface area (TPSA) is 98.7 Å². The van der Waals surface area contributed by atoms with E-state index in [1.807, 2.05) is 26.2 Å². The van der Waals surface area contributed by atoms with Crippen LogP contribution in [0.2, 0.25) is 0 Å². The van der Waals surface area contributed by atoms with Gasteiger partial charge in [0.2, 0.25) is 0 Å². The Labute approximate surface area is 674 Å². The zero-order valence-electron chi connectivity index (χ0n) is 63.1. The summed E-state index contributed by atoms with van der Waals surface area (Å²) in [6.07, 6.45) is 3.79. The number of carbonyl (C=O) groups is 2. The molecule has 0 radical (unpaired) electrons. The number of aryl methyl sites for hydroxylation is 2. The summed E-state index contributed by atoms with van der Waals surface area (Å²) < 4.78 is 0. The van der Waals surface area contributed by atoms with Gasteiger partial charge in [0.05, 0.1) is 40.2 Å². The monoisotopic (exact) mass is 1650 g/mol. The van der Waals surface area contributed by atoms with Crippen molar-refractivity contribution >= 4 is 188 Å². The van der Waals surface area contributed by atoms with Gasteiger partial charge in [-0.2, -0.15) is 0 Å². The van der Waals surface area contributed by atoms with Gasteiger partial charge in [-0.3, -0.25) is 19.6 Å². The van der Waals surface area contributed by atoms with Crippen LogP contribution in [0.15, 0.2) is 364 Å². The Morgan fingerprint density at radius 2 is 0.544 bits per heavy atom. The van der Waals surface area contributed by atoms with Crippen molar-refractivity contribution in [3.05, 3.63) is 388 Å². The molecule has 2 aromatic heterocycles. The Hall–Kier alpha value is -14.1. The number of hydrogen-bond acceptors (Lipinski definition) is 10. The van der Waals surface area contributed by atoms with E-state index >= 15 is 0 Å². The van der Waals surface area contributed by atoms with E-state index in [-0.39, 0.29) is 38.1 Å². The molecule has 0 bridgehead atoms. The smallest absolute Gasteiger partial charge is 0.351 e. The van der Waals surface area contributed by atoms with Crippen LogP contribution in [0.3, 0.4) is 0 Å². The fraction of sp³-hybridized carbons (Fsp3) is 0.0485. The summed E-state index contributed by atoms with van der Waals surface area (Å²) in [5, 5.41) is 17.8. The molecule has 20 aromatic rings. The molecule has 20 rings (SSSR count). The predicted octanol–water partition coefficient (Wildman–Crippen LogP) is 27.1. The van der Waals surface area contributed by atoms with Crippen LogP contribution < -0.4 is 19.6 Å². The van der Waals surface area contributed by atoms with Crippen molar-refractivity contribution in [1.29, 1.82) is 0 Å². The van der Waals surface area contributed by atoms with Crippen molar-refractivity contribution < 1.29 is 29.7 Å². The fourth-order valence-electron chi connectivity index (χ4n) is 15.9. The number of anilines is 12. The minimum Gasteiger partial charge on any atom is -0.351 e. The van der Waals surface area contributed by atoms with E-state index in [4.69, 9.17) is 19.9 Å². The summed E-state index contributed by atoms with van der Waals surface area (Å²) in [5.41, 5.74) is 18.1. The molecule has 0 amide bonds. The zero-order valence-corrected chi connectivity index (χ0v) is 65.5. The van der Waals surface area contributed by atoms with Crippen molar-refractivity contribution in [1.82, 2.24) is 19.9 Å². The van der Waals surface area contributed by atoms with Crippen LogP contribution in [-0.4, -0.2) is 31.5 Å². The molecule has 10 nitrogen and oxygen atoms in total. The van der Waals surface area contributed by atoms with Gasteiger partial charge in [-0.15, -0.1) is 47.2 Å². The molecule has 114 heavy (non-hydrogen) atoms. The molecule has 0 saturated carbocycles. The van der Waals surface area contributed by atoms with Crippen LogP contribution in [-0.2, 0) is 29.7 Å². The van der Waals surface area contributed by atoms with E-state index in [1.165, 1.54) is 56.9 Å². The molecular formula is C103H74IrN8O2+. The second-order valence-corrected chi connectivity index (χ2v) is 28.4. The second kappa shape index (κ2) is 31.7. The average molecular weight is 1650 g/mol. The van der Waals surface area contributed by atoms with Crippen LogP contribution in [0.5, 0.6) is 0 Å². The minimum absolute atomic E-state index is 0. The summed E-state index contributed by atoms with van der Waals surface area (Å²) in [7, 11) is 0. The van der Waals surface area contributed by atoms with Gasteiger partial charge in [0.25, 0.3) is 0 Å². The molecule has 2 heterocycles. The zero-order chi connectivity index (χ0) is 76.5. The van der Waals surface area contributed by atoms with Gasteiger partial charge >= 0.3 is 20.1 Å². The van der Waals surface area contributed by atoms with E-state index in [2.05, 4.69) is 384 Å². The molecule has 18 aromatic carbocycles. The normalized spacial score (nSPS) is 11.2. The second-order valence-electron chi connectivity index (χ2n) is 28.4. The van der Waals surface area contributed by atoms with Crippen molar-refractivity contribution in [3.8, 4) is 0 Å². The molecule has 0 fully saturated rings. The van der Waals surface area contributed by atoms with Crippen LogP contribution in [0.4, 0.5) is 68.2 Å². The third-order valence-corrected chi connectivity index (χ3v) is 20.8. The quantitative estimate of drug-likeness (QED) is 0.0595. The van der Waals surface area contributed by atoms with Gasteiger partial charge in [-0.05, 0) is 179 Å². The Kier molecular flexibility index (Phi) is 20.2. The molecule has 11 heteroatoms. The number of fused-ring (bicyclic) bond motifs is 16. The fourth-order valence-corrected chi connectivity index (χ4v) is 15.9. The van der Waals surface area contributed by atoms with Gasteiger partial charge < -0.3 is 29.6 Å². The third kappa shape index (κ3) is 14.0. The van der Waals surface area contributed by atoms with E-state index in [0.29, 0.717) is 0 Å². The first kappa shape index (κ1) is 72.8. The molecule has 0 N–H and O–H groups in total. The number of ketones is 2. The first-order chi connectivity index (χ1) is 55.5. The molecule has 0 aliphatic carbocycles. The number of nitrogens with zero attached hydrogens (tertiary/aromatic N) is 8. The molecule has 0 unspecified atom stereocenters. The minimum atomic E-state index is -0.0625. The first-order valence-corrected chi connectivity index (χ1v) is 37.9. The summed E-state index contributed by atoms with van der Waals surface area (Å²) in [4.78, 5) is 49.5. The SMILES string of the molecule is CC(=O)CC(C)=O.Cc1cnc2c3[c-]cc(N(c4ccccc4)c4cccc5ccccc45)cc3c3cc(N(c4ccccc4)c4cccc5ccccc45)ccc3c2n1.Cc1cnc2c3[c-]cc(N(c4ccccc4)c4cccc5ccccc45)cc3c3cc(N(c4ccccc4)c4cccc5ccccc45)ccc3c2n1.[Ir+3]. The van der Waals surface area contributed by atoms with Crippen LogP contribution >= 0.6 is 0 Å². The predicted molar refractivity (Wildman–Crippen MR) is 471 cm³/mol. The Balaban J connectivity index is 0.000000151. The maximum Gasteiger partial charge on any atom is 3.00 e. The summed E-state index contributed by atoms with van der Waals surface area (Å²) in [5.74, 6) is -0.125. The van der Waals surface area contributed by atoms with Crippen LogP contribution in [0.1, 0.15) is 31.7 Å². The molecule has 546 valence electrons. The van der Waals surface area contributed by atoms with Gasteiger partial charge in [0.1, 0.15) is 11.6 Å². The number of aromatic nitrogens is 4. The Bertz CT molecular complexity index is 6610. The van der Waals surface area contributed by atoms with Crippen molar-refractivity contribution in [2.75, 3.05) is 19.6 Å². The maximum atomic E-state index is 10.0. The van der Waals surface area contributed by atoms with Crippen molar-refractivity contribution in [2.45, 2.75) is 34.1 Å². The number of rotatable bonds is 14. The van der Waals surface area contributed by atoms with E-state index in [1.54, 1.807) is 0 Å². The van der Waals surface area contributed by atoms with E-state index in [0.717, 1.165) is 145 Å². The van der Waals surface area contributed by atoms with Crippen molar-refractivity contribution in [2.24, 2.45) is 0 Å². The molecular weight excluding hydrogens is 1570 g/mol. The summed E-state index contributed by atoms with van der Waals surface area (Å²) >= 11 is 0. The van der Waals surface area contributed by atoms with Gasteiger partial charge in [-0.25, -0.2) is 0 Å². The Morgan fingerprint density at radius 3 is 0.842 bits per heavy atom. The molecule has 0 aliphatic heterocycles. The number of carbonyl (C=O) groups excluding carboxylic acids is 2. The number of para-hydroxylation sites is 4. The average Bonchev–Trinajstić information content (AvgIpc) is 0.732. The largest absolute Gasteiger partial charge is 3.00 e. The van der Waals surface area contributed by atoms with Gasteiger partial charge in [-0.1, -0.05) is 241 Å². The maximum absolute atomic E-state index is 10.0. The first-order valence-electron chi connectivity index (χ1n) is 37.9. The molecule has 0 saturated heterocycles. The van der Waals surface area contributed by atoms with Gasteiger partial charge in [0.15, 0.2) is 0 Å². The van der Waals surface area contributed by atoms with Crippen LogP contribution in [0, 0.1) is 26.0 Å². The summed E-state index contributed by atoms with van der Waals surface area (Å²) in [6, 6.07) is 133. The summed E-state index contributed by atoms with van der Waals surface area (Å²) in [6.45, 7) is 6.81. The number of hydrogen-bond donors (Lipinski definition) is 0. The van der Waals surface area contributed by atoms with Crippen LogP contribution in [0.25, 0.3) is 108 Å². The Morgan fingerprint density at radius 1 is 0.272 bits per heavy atom. The van der Waals surface area contributed by atoms with Crippen molar-refractivity contribution in [3.63, 3.8) is 0 Å². The van der Waals surface area contributed by atoms with E-state index in [9.17, 15) is 9.59 Å². The van der Waals surface area contributed by atoms with Gasteiger partial charge in [0, 0.05) is 90.5 Å². The molecule has 0 atom stereocenters. The third-order valence-electron chi connectivity index (χ3n) is 20.8. The molecule has 0 aliphatic rings.